The third-order valence-electron chi connectivity index (χ3n) is 15.5. The van der Waals surface area contributed by atoms with Crippen molar-refractivity contribution in [1.82, 2.24) is 14.8 Å². The molecule has 2 bridgehead atoms. The number of benzene rings is 2. The highest BCUT2D eigenvalue weighted by Crippen LogP contribution is 2.68. The van der Waals surface area contributed by atoms with E-state index in [4.69, 9.17) is 9.47 Å². The first kappa shape index (κ1) is 37.8. The van der Waals surface area contributed by atoms with Crippen LogP contribution in [0.2, 0.25) is 0 Å². The molecule has 5 aliphatic heterocycles. The molecule has 0 radical (unpaired) electrons. The van der Waals surface area contributed by atoms with Gasteiger partial charge in [-0.3, -0.25) is 14.6 Å². The molecule has 3 unspecified atom stereocenters. The van der Waals surface area contributed by atoms with Crippen LogP contribution in [-0.4, -0.2) is 113 Å². The molecule has 3 N–H and O–H groups in total. The molecule has 0 amide bonds. The van der Waals surface area contributed by atoms with Crippen LogP contribution in [0, 0.1) is 24.1 Å². The number of carbonyl (C=O) groups excluding carboxylic acids is 2. The number of hydrogen-bond acceptors (Lipinski definition) is 9. The number of H-pyrrole nitrogens is 1. The van der Waals surface area contributed by atoms with E-state index in [1.54, 1.807) is 6.07 Å². The Bertz CT molecular complexity index is 2170. The van der Waals surface area contributed by atoms with Gasteiger partial charge in [-0.1, -0.05) is 32.1 Å². The van der Waals surface area contributed by atoms with Gasteiger partial charge in [0.05, 0.1) is 18.8 Å². The quantitative estimate of drug-likeness (QED) is 0.236. The molecule has 10 nitrogen and oxygen atoms in total. The zero-order valence-electron chi connectivity index (χ0n) is 33.9. The minimum absolute atomic E-state index is 0.185. The van der Waals surface area contributed by atoms with Gasteiger partial charge in [-0.05, 0) is 111 Å². The number of fused-ring (bicyclic) bond motifs is 6. The summed E-state index contributed by atoms with van der Waals surface area (Å²) in [5, 5.41) is 26.0. The number of methoxy groups -OCH3 is 1. The maximum Gasteiger partial charge on any atom is 0.344 e. The van der Waals surface area contributed by atoms with Crippen LogP contribution in [0.3, 0.4) is 0 Å². The second kappa shape index (κ2) is 12.6. The largest absolute Gasteiger partial charge is 0.467 e. The SMILES string of the molecule is CC[C@]1(O)C[C@@H]2CN(CCc3c([nH]c4ccc(F)cc34)[C@@](C)(c3cc4c(cc3C)N(C)C3C(O)(C(=O)OC)[C@H](OC(C)=O)[C@]5(CC)C=CCN6CC[C@]43[C@@H]65)C2)C1. The van der Waals surface area contributed by atoms with Gasteiger partial charge in [-0.2, -0.15) is 0 Å². The molecule has 1 aromatic heterocycles. The van der Waals surface area contributed by atoms with Gasteiger partial charge in [0.2, 0.25) is 5.60 Å². The van der Waals surface area contributed by atoms with Gasteiger partial charge in [0, 0.05) is 84.7 Å². The fourth-order valence-corrected chi connectivity index (χ4v) is 13.5. The van der Waals surface area contributed by atoms with Crippen molar-refractivity contribution in [3.63, 3.8) is 0 Å². The molecule has 56 heavy (non-hydrogen) atoms. The minimum atomic E-state index is -2.20. The van der Waals surface area contributed by atoms with Crippen LogP contribution in [0.25, 0.3) is 10.9 Å². The van der Waals surface area contributed by atoms with E-state index < -0.39 is 51.5 Å². The molecule has 3 fully saturated rings. The number of anilines is 1. The molecule has 11 heteroatoms. The van der Waals surface area contributed by atoms with Gasteiger partial charge in [-0.15, -0.1) is 0 Å². The van der Waals surface area contributed by atoms with Crippen LogP contribution in [0.5, 0.6) is 0 Å². The number of nitrogens with zero attached hydrogens (tertiary/aromatic N) is 3. The van der Waals surface area contributed by atoms with Gasteiger partial charge in [-0.25, -0.2) is 9.18 Å². The number of esters is 2. The molecule has 6 heterocycles. The van der Waals surface area contributed by atoms with Crippen LogP contribution in [0.15, 0.2) is 42.5 Å². The van der Waals surface area contributed by atoms with Gasteiger partial charge in [0.1, 0.15) is 5.82 Å². The fraction of sp³-hybridized carbons (Fsp3) is 0.600. The summed E-state index contributed by atoms with van der Waals surface area (Å²) in [4.78, 5) is 38.0. The molecular weight excluding hydrogens is 712 g/mol. The summed E-state index contributed by atoms with van der Waals surface area (Å²) < 4.78 is 26.6. The Morgan fingerprint density at radius 3 is 2.55 bits per heavy atom. The molecule has 9 rings (SSSR count). The zero-order valence-corrected chi connectivity index (χ0v) is 33.9. The maximum absolute atomic E-state index is 15.0. The fourth-order valence-electron chi connectivity index (χ4n) is 13.5. The Morgan fingerprint density at radius 2 is 1.84 bits per heavy atom. The number of nitrogens with one attached hydrogen (secondary N) is 1. The lowest BCUT2D eigenvalue weighted by Gasteiger charge is -2.63. The van der Waals surface area contributed by atoms with Gasteiger partial charge < -0.3 is 29.6 Å². The van der Waals surface area contributed by atoms with E-state index in [0.29, 0.717) is 45.2 Å². The molecule has 1 aliphatic carbocycles. The van der Waals surface area contributed by atoms with E-state index in [0.717, 1.165) is 70.6 Å². The Hall–Kier alpha value is -3.77. The number of aromatic nitrogens is 1. The molecule has 1 spiro atoms. The highest BCUT2D eigenvalue weighted by Gasteiger charge is 2.80. The first-order valence-corrected chi connectivity index (χ1v) is 20.6. The highest BCUT2D eigenvalue weighted by molar-refractivity contribution is 5.88. The lowest BCUT2D eigenvalue weighted by molar-refractivity contribution is -0.228. The van der Waals surface area contributed by atoms with Crippen molar-refractivity contribution in [2.75, 3.05) is 51.8 Å². The molecule has 2 aromatic carbocycles. The number of aromatic amines is 1. The van der Waals surface area contributed by atoms with Crippen molar-refractivity contribution < 1.29 is 33.7 Å². The van der Waals surface area contributed by atoms with Crippen molar-refractivity contribution in [3.05, 3.63) is 76.2 Å². The van der Waals surface area contributed by atoms with Crippen molar-refractivity contribution in [1.29, 1.82) is 0 Å². The van der Waals surface area contributed by atoms with Crippen molar-refractivity contribution in [2.24, 2.45) is 11.3 Å². The van der Waals surface area contributed by atoms with Gasteiger partial charge in [0.25, 0.3) is 0 Å². The number of likely N-dealkylation sites (N-methyl/N-ethyl adjacent to an activating group) is 1. The number of aliphatic hydroxyl groups is 2. The van der Waals surface area contributed by atoms with E-state index >= 15 is 4.39 Å². The molecule has 1 saturated carbocycles. The normalized spacial score (nSPS) is 38.5. The number of carbonyl (C=O) groups is 2. The van der Waals surface area contributed by atoms with Gasteiger partial charge in [0.15, 0.2) is 6.10 Å². The Labute approximate surface area is 329 Å². The highest BCUT2D eigenvalue weighted by atomic mass is 19.1. The van der Waals surface area contributed by atoms with Crippen LogP contribution in [0.4, 0.5) is 10.1 Å². The molecule has 300 valence electrons. The number of halogens is 1. The molecule has 10 atom stereocenters. The first-order chi connectivity index (χ1) is 26.6. The average Bonchev–Trinajstić information content (AvgIpc) is 3.82. The molecule has 3 aromatic rings. The summed E-state index contributed by atoms with van der Waals surface area (Å²) in [7, 11) is 3.24. The Morgan fingerprint density at radius 1 is 1.05 bits per heavy atom. The summed E-state index contributed by atoms with van der Waals surface area (Å²) in [6.45, 7) is 13.7. The monoisotopic (exact) mass is 768 g/mol. The number of rotatable bonds is 5. The second-order valence-electron chi connectivity index (χ2n) is 18.4. The molecule has 2 saturated heterocycles. The third-order valence-corrected chi connectivity index (χ3v) is 15.5. The summed E-state index contributed by atoms with van der Waals surface area (Å²) in [5.74, 6) is -1.44. The summed E-state index contributed by atoms with van der Waals surface area (Å²) in [6.07, 6.45) is 7.07. The molecular formula is C45H57FN4O6. The zero-order chi connectivity index (χ0) is 39.7. The number of ether oxygens (including phenoxy) is 2. The lowest BCUT2D eigenvalue weighted by atomic mass is 9.47. The first-order valence-electron chi connectivity index (χ1n) is 20.6. The predicted octanol–water partition coefficient (Wildman–Crippen LogP) is 5.28. The Balaban J connectivity index is 1.30. The van der Waals surface area contributed by atoms with E-state index in [-0.39, 0.29) is 17.8 Å². The topological polar surface area (TPSA) is 119 Å². The van der Waals surface area contributed by atoms with E-state index in [2.05, 4.69) is 71.7 Å². The predicted molar refractivity (Wildman–Crippen MR) is 212 cm³/mol. The minimum Gasteiger partial charge on any atom is -0.467 e. The van der Waals surface area contributed by atoms with Crippen LogP contribution < -0.4 is 4.90 Å². The van der Waals surface area contributed by atoms with E-state index in [9.17, 15) is 19.8 Å². The van der Waals surface area contributed by atoms with Crippen molar-refractivity contribution >= 4 is 28.5 Å². The lowest BCUT2D eigenvalue weighted by Crippen LogP contribution is -2.81. The number of piperidine rings is 1. The van der Waals surface area contributed by atoms with E-state index in [1.165, 1.54) is 20.1 Å². The van der Waals surface area contributed by atoms with E-state index in [1.807, 2.05) is 13.1 Å². The van der Waals surface area contributed by atoms with Crippen molar-refractivity contribution in [2.45, 2.75) is 113 Å². The summed E-state index contributed by atoms with van der Waals surface area (Å²) >= 11 is 0. The molecule has 6 aliphatic rings. The van der Waals surface area contributed by atoms with Crippen LogP contribution in [-0.2, 0) is 36.3 Å². The Kier molecular flexibility index (Phi) is 8.51. The summed E-state index contributed by atoms with van der Waals surface area (Å²) in [5.41, 5.74) is 2.14. The van der Waals surface area contributed by atoms with Gasteiger partial charge >= 0.3 is 11.9 Å². The van der Waals surface area contributed by atoms with Crippen molar-refractivity contribution in [3.8, 4) is 0 Å². The number of aryl methyl sites for hydroxylation is 1. The summed E-state index contributed by atoms with van der Waals surface area (Å²) in [6, 6.07) is 8.64. The van der Waals surface area contributed by atoms with Crippen LogP contribution in [0.1, 0.15) is 87.7 Å². The second-order valence-corrected chi connectivity index (χ2v) is 18.4. The third kappa shape index (κ3) is 4.86. The smallest absolute Gasteiger partial charge is 0.344 e. The number of hydrogen-bond donors (Lipinski definition) is 3. The standard InChI is InChI=1S/C45H57FN4O6/c1-8-42(53)23-28-22-41(5,36-30(13-17-49(24-28)25-42)31-20-29(46)11-12-34(31)47-36)32-21-33-35(19-26(32)3)48(6)38-44(33)15-18-50-16-10-14-43(9-2,37(44)50)39(56-27(4)51)45(38,54)40(52)55-7/h10-12,14,19-21,28,37-39,47,53-54H,8-9,13,15-18,22-25H2,1-7H3/t28-,37+,38?,39-,41-,42+,43-,44-,45?/m1/s1. The maximum atomic E-state index is 15.0. The van der Waals surface area contributed by atoms with Crippen LogP contribution >= 0.6 is 0 Å². The average molecular weight is 769 g/mol.